The first kappa shape index (κ1) is 17.5. The monoisotopic (exact) mass is 366 g/mol. The van der Waals surface area contributed by atoms with Crippen LogP contribution in [0.25, 0.3) is 11.3 Å². The highest BCUT2D eigenvalue weighted by Crippen LogP contribution is 2.25. The minimum absolute atomic E-state index is 0.0764. The number of primary amides is 1. The first-order valence-corrected chi connectivity index (χ1v) is 9.10. The van der Waals surface area contributed by atoms with Crippen molar-refractivity contribution in [3.05, 3.63) is 53.2 Å². The van der Waals surface area contributed by atoms with E-state index in [1.807, 2.05) is 24.3 Å². The van der Waals surface area contributed by atoms with Gasteiger partial charge in [0.2, 0.25) is 0 Å². The molecule has 1 atom stereocenters. The highest BCUT2D eigenvalue weighted by Gasteiger charge is 2.23. The maximum Gasteiger partial charge on any atom is 0.315 e. The Kier molecular flexibility index (Phi) is 4.77. The number of nitrogens with two attached hydrogens (primary N) is 1. The van der Waals surface area contributed by atoms with Crippen LogP contribution in [0.5, 0.6) is 0 Å². The quantitative estimate of drug-likeness (QED) is 0.864. The first-order chi connectivity index (χ1) is 13.1. The fraction of sp³-hybridized carbons (Fsp3) is 0.350. The lowest BCUT2D eigenvalue weighted by molar-refractivity contribution is 0.0945. The summed E-state index contributed by atoms with van der Waals surface area (Å²) in [5.41, 5.74) is 9.60. The highest BCUT2D eigenvalue weighted by atomic mass is 16.5. The maximum atomic E-state index is 12.3. The predicted molar refractivity (Wildman–Crippen MR) is 99.8 cm³/mol. The van der Waals surface area contributed by atoms with E-state index in [0.29, 0.717) is 31.1 Å². The third-order valence-corrected chi connectivity index (χ3v) is 5.10. The Morgan fingerprint density at radius 3 is 2.70 bits per heavy atom. The maximum absolute atomic E-state index is 12.3. The van der Waals surface area contributed by atoms with E-state index >= 15 is 0 Å². The van der Waals surface area contributed by atoms with Crippen molar-refractivity contribution in [2.24, 2.45) is 11.7 Å². The summed E-state index contributed by atoms with van der Waals surface area (Å²) in [7, 11) is 0. The van der Waals surface area contributed by atoms with E-state index < -0.39 is 6.03 Å². The number of urea groups is 1. The molecule has 1 aromatic heterocycles. The molecule has 1 aromatic carbocycles. The Morgan fingerprint density at radius 1 is 1.19 bits per heavy atom. The van der Waals surface area contributed by atoms with Gasteiger partial charge in [0.05, 0.1) is 24.5 Å². The van der Waals surface area contributed by atoms with E-state index in [1.165, 1.54) is 0 Å². The molecule has 0 spiro atoms. The molecule has 3 N–H and O–H groups in total. The van der Waals surface area contributed by atoms with Crippen molar-refractivity contribution in [3.8, 4) is 11.3 Å². The van der Waals surface area contributed by atoms with Gasteiger partial charge in [-0.2, -0.15) is 0 Å². The normalized spacial score (nSPS) is 18.4. The molecule has 1 saturated heterocycles. The molecule has 0 radical (unpaired) electrons. The van der Waals surface area contributed by atoms with Crippen molar-refractivity contribution in [1.82, 2.24) is 15.2 Å². The number of fused-ring (bicyclic) bond motifs is 1. The number of hydrogen-bond acceptors (Lipinski definition) is 4. The Hall–Kier alpha value is -2.93. The van der Waals surface area contributed by atoms with Gasteiger partial charge in [-0.1, -0.05) is 18.2 Å². The van der Waals surface area contributed by atoms with Gasteiger partial charge >= 0.3 is 6.03 Å². The highest BCUT2D eigenvalue weighted by molar-refractivity contribution is 5.94. The second-order valence-electron chi connectivity index (χ2n) is 7.01. The number of hydrogen-bond donors (Lipinski definition) is 2. The number of ether oxygens (including phenoxy) is 1. The van der Waals surface area contributed by atoms with Crippen LogP contribution in [-0.4, -0.2) is 41.6 Å². The standard InChI is InChI=1S/C20H22N4O3/c21-20(26)24-10-16-5-6-17(23-18(16)11-24)14-1-3-15(4-2-14)19(25)22-9-13-7-8-27-12-13/h1-6,13H,7-12H2,(H2,21,26)(H,22,25). The van der Waals surface area contributed by atoms with Crippen molar-refractivity contribution >= 4 is 11.9 Å². The fourth-order valence-electron chi connectivity index (χ4n) is 3.45. The molecular weight excluding hydrogens is 344 g/mol. The molecule has 2 aliphatic heterocycles. The van der Waals surface area contributed by atoms with Crippen LogP contribution in [0.1, 0.15) is 28.0 Å². The van der Waals surface area contributed by atoms with Crippen molar-refractivity contribution in [2.45, 2.75) is 19.5 Å². The van der Waals surface area contributed by atoms with Crippen molar-refractivity contribution in [2.75, 3.05) is 19.8 Å². The zero-order valence-corrected chi connectivity index (χ0v) is 15.0. The number of carbonyl (C=O) groups is 2. The number of pyridine rings is 1. The summed E-state index contributed by atoms with van der Waals surface area (Å²) in [4.78, 5) is 29.8. The summed E-state index contributed by atoms with van der Waals surface area (Å²) in [5.74, 6) is 0.330. The number of carbonyl (C=O) groups excluding carboxylic acids is 2. The van der Waals surface area contributed by atoms with E-state index in [9.17, 15) is 9.59 Å². The number of rotatable bonds is 4. The van der Waals surface area contributed by atoms with Crippen LogP contribution in [0.15, 0.2) is 36.4 Å². The van der Waals surface area contributed by atoms with Crippen LogP contribution >= 0.6 is 0 Å². The number of nitrogens with zero attached hydrogens (tertiary/aromatic N) is 2. The smallest absolute Gasteiger partial charge is 0.315 e. The number of benzene rings is 1. The Balaban J connectivity index is 1.43. The van der Waals surface area contributed by atoms with Gasteiger partial charge in [-0.15, -0.1) is 0 Å². The van der Waals surface area contributed by atoms with Gasteiger partial charge in [-0.05, 0) is 30.2 Å². The molecule has 1 unspecified atom stereocenters. The van der Waals surface area contributed by atoms with Crippen LogP contribution in [0.2, 0.25) is 0 Å². The summed E-state index contributed by atoms with van der Waals surface area (Å²) in [5, 5.41) is 2.97. The molecule has 2 aromatic rings. The third kappa shape index (κ3) is 3.78. The second-order valence-corrected chi connectivity index (χ2v) is 7.01. The second kappa shape index (κ2) is 7.36. The molecule has 0 bridgehead atoms. The Bertz CT molecular complexity index is 860. The minimum Gasteiger partial charge on any atom is -0.381 e. The summed E-state index contributed by atoms with van der Waals surface area (Å²) in [6.07, 6.45) is 0.996. The van der Waals surface area contributed by atoms with Crippen molar-refractivity contribution in [3.63, 3.8) is 0 Å². The van der Waals surface area contributed by atoms with Crippen molar-refractivity contribution in [1.29, 1.82) is 0 Å². The summed E-state index contributed by atoms with van der Waals surface area (Å²) >= 11 is 0. The summed E-state index contributed by atoms with van der Waals surface area (Å²) in [6.45, 7) is 3.08. The minimum atomic E-state index is -0.436. The topological polar surface area (TPSA) is 97.6 Å². The Labute approximate surface area is 157 Å². The van der Waals surface area contributed by atoms with Gasteiger partial charge < -0.3 is 20.7 Å². The van der Waals surface area contributed by atoms with Crippen LogP contribution in [-0.2, 0) is 17.8 Å². The van der Waals surface area contributed by atoms with E-state index in [2.05, 4.69) is 10.3 Å². The summed E-state index contributed by atoms with van der Waals surface area (Å²) in [6, 6.07) is 10.9. The van der Waals surface area contributed by atoms with E-state index in [0.717, 1.165) is 42.1 Å². The number of aromatic nitrogens is 1. The van der Waals surface area contributed by atoms with Gasteiger partial charge in [0.15, 0.2) is 0 Å². The van der Waals surface area contributed by atoms with Crippen LogP contribution in [0, 0.1) is 5.92 Å². The zero-order chi connectivity index (χ0) is 18.8. The van der Waals surface area contributed by atoms with Gasteiger partial charge in [-0.25, -0.2) is 4.79 Å². The van der Waals surface area contributed by atoms with Gasteiger partial charge in [0.25, 0.3) is 5.91 Å². The molecule has 0 aliphatic carbocycles. The molecule has 4 rings (SSSR count). The molecule has 2 aliphatic rings. The number of nitrogens with one attached hydrogen (secondary N) is 1. The SMILES string of the molecule is NC(=O)N1Cc2ccc(-c3ccc(C(=O)NCC4CCOC4)cc3)nc2C1. The average Bonchev–Trinajstić information content (AvgIpc) is 3.35. The van der Waals surface area contributed by atoms with Gasteiger partial charge in [-0.3, -0.25) is 9.78 Å². The van der Waals surface area contributed by atoms with E-state index in [4.69, 9.17) is 10.5 Å². The van der Waals surface area contributed by atoms with E-state index in [1.54, 1.807) is 17.0 Å². The molecule has 7 nitrogen and oxygen atoms in total. The third-order valence-electron chi connectivity index (χ3n) is 5.10. The molecular formula is C20H22N4O3. The van der Waals surface area contributed by atoms with Crippen LogP contribution in [0.3, 0.4) is 0 Å². The summed E-state index contributed by atoms with van der Waals surface area (Å²) < 4.78 is 5.32. The van der Waals surface area contributed by atoms with E-state index in [-0.39, 0.29) is 5.91 Å². The fourth-order valence-corrected chi connectivity index (χ4v) is 3.45. The molecule has 7 heteroatoms. The molecule has 3 amide bonds. The molecule has 0 saturated carbocycles. The lowest BCUT2D eigenvalue weighted by atomic mass is 10.1. The zero-order valence-electron chi connectivity index (χ0n) is 15.0. The molecule has 1 fully saturated rings. The van der Waals surface area contributed by atoms with Crippen LogP contribution in [0.4, 0.5) is 4.79 Å². The van der Waals surface area contributed by atoms with Crippen molar-refractivity contribution < 1.29 is 14.3 Å². The van der Waals surface area contributed by atoms with Gasteiger partial charge in [0, 0.05) is 36.7 Å². The predicted octanol–water partition coefficient (Wildman–Crippen LogP) is 1.91. The lowest BCUT2D eigenvalue weighted by Crippen LogP contribution is -2.30. The lowest BCUT2D eigenvalue weighted by Gasteiger charge is -2.10. The molecule has 27 heavy (non-hydrogen) atoms. The Morgan fingerprint density at radius 2 is 2.00 bits per heavy atom. The molecule has 3 heterocycles. The largest absolute Gasteiger partial charge is 0.381 e. The van der Waals surface area contributed by atoms with Crippen LogP contribution < -0.4 is 11.1 Å². The average molecular weight is 366 g/mol. The molecule has 140 valence electrons. The number of amides is 3. The first-order valence-electron chi connectivity index (χ1n) is 9.10. The van der Waals surface area contributed by atoms with Gasteiger partial charge in [0.1, 0.15) is 0 Å².